The molecule has 1 N–H and O–H groups in total. The molecule has 0 heterocycles. The first kappa shape index (κ1) is 35.0. The third kappa shape index (κ3) is 8.35. The third-order valence-corrected chi connectivity index (χ3v) is 8.93. The normalized spacial score (nSPS) is 11.7. The molecule has 3 rings (SSSR count). The van der Waals surface area contributed by atoms with Gasteiger partial charge in [-0.3, -0.25) is 13.9 Å². The van der Waals surface area contributed by atoms with E-state index in [1.165, 1.54) is 83.9 Å². The highest BCUT2D eigenvalue weighted by Crippen LogP contribution is 2.37. The summed E-state index contributed by atoms with van der Waals surface area (Å²) in [5.74, 6) is -0.890. The van der Waals surface area contributed by atoms with Crippen molar-refractivity contribution >= 4 is 27.5 Å². The molecule has 1 atom stereocenters. The summed E-state index contributed by atoms with van der Waals surface area (Å²) in [4.78, 5) is 28.3. The molecule has 3 aromatic carbocycles. The Morgan fingerprint density at radius 1 is 0.889 bits per heavy atom. The SMILES string of the molecule is CCCCNC(=O)[C@H](C)N(Cc1ccccc1F)C(=O)CN(c1cc(OC)ccc1OC)S(=O)(=O)c1ccc(OC)c(OC)c1. The Labute approximate surface area is 263 Å². The first-order valence-corrected chi connectivity index (χ1v) is 15.7. The van der Waals surface area contributed by atoms with Gasteiger partial charge in [0.25, 0.3) is 10.0 Å². The Kier molecular flexibility index (Phi) is 12.4. The minimum Gasteiger partial charge on any atom is -0.497 e. The van der Waals surface area contributed by atoms with E-state index in [-0.39, 0.29) is 34.2 Å². The second-order valence-electron chi connectivity index (χ2n) is 10.00. The maximum atomic E-state index is 14.8. The molecular formula is C32H40FN3O8S. The van der Waals surface area contributed by atoms with Crippen LogP contribution in [0.3, 0.4) is 0 Å². The molecule has 0 bridgehead atoms. The number of carbonyl (C=O) groups excluding carboxylic acids is 2. The molecule has 0 radical (unpaired) electrons. The van der Waals surface area contributed by atoms with Crippen molar-refractivity contribution in [3.63, 3.8) is 0 Å². The average Bonchev–Trinajstić information content (AvgIpc) is 3.05. The van der Waals surface area contributed by atoms with Crippen LogP contribution >= 0.6 is 0 Å². The Bertz CT molecular complexity index is 1580. The van der Waals surface area contributed by atoms with Crippen LogP contribution in [0.15, 0.2) is 65.6 Å². The molecule has 244 valence electrons. The molecule has 0 aliphatic carbocycles. The number of anilines is 1. The summed E-state index contributed by atoms with van der Waals surface area (Å²) in [7, 11) is 1.06. The smallest absolute Gasteiger partial charge is 0.265 e. The standard InChI is InChI=1S/C32H40FN3O8S/c1-7-8-17-34-32(38)22(2)35(20-23-11-9-10-12-26(23)33)31(37)21-36(27-18-24(41-3)13-15-28(27)42-4)45(39,40)25-14-16-29(43-5)30(19-25)44-6/h9-16,18-19,22H,7-8,17,20-21H2,1-6H3,(H,34,38)/t22-/m0/s1. The van der Waals surface area contributed by atoms with E-state index in [2.05, 4.69) is 5.32 Å². The molecule has 11 nitrogen and oxygen atoms in total. The molecule has 0 unspecified atom stereocenters. The number of benzene rings is 3. The second kappa shape index (κ2) is 16.0. The molecule has 45 heavy (non-hydrogen) atoms. The molecule has 0 saturated heterocycles. The van der Waals surface area contributed by atoms with Gasteiger partial charge in [-0.2, -0.15) is 0 Å². The van der Waals surface area contributed by atoms with Crippen LogP contribution < -0.4 is 28.6 Å². The van der Waals surface area contributed by atoms with Crippen LogP contribution in [0.25, 0.3) is 0 Å². The number of rotatable bonds is 16. The first-order valence-electron chi connectivity index (χ1n) is 14.3. The Hall–Kier alpha value is -4.52. The molecule has 0 aliphatic heterocycles. The van der Waals surface area contributed by atoms with Gasteiger partial charge in [0.2, 0.25) is 11.8 Å². The van der Waals surface area contributed by atoms with Gasteiger partial charge in [-0.1, -0.05) is 31.5 Å². The molecule has 0 aromatic heterocycles. The van der Waals surface area contributed by atoms with Crippen LogP contribution in [0.4, 0.5) is 10.1 Å². The molecule has 0 spiro atoms. The predicted octanol–water partition coefficient (Wildman–Crippen LogP) is 4.39. The predicted molar refractivity (Wildman–Crippen MR) is 168 cm³/mol. The number of carbonyl (C=O) groups is 2. The Morgan fingerprint density at radius 2 is 1.56 bits per heavy atom. The van der Waals surface area contributed by atoms with Crippen LogP contribution in [-0.4, -0.2) is 72.7 Å². The van der Waals surface area contributed by atoms with Crippen LogP contribution in [0, 0.1) is 5.82 Å². The lowest BCUT2D eigenvalue weighted by molar-refractivity contribution is -0.139. The zero-order valence-electron chi connectivity index (χ0n) is 26.3. The highest BCUT2D eigenvalue weighted by Gasteiger charge is 2.35. The molecular weight excluding hydrogens is 605 g/mol. The lowest BCUT2D eigenvalue weighted by Gasteiger charge is -2.32. The van der Waals surface area contributed by atoms with Gasteiger partial charge < -0.3 is 29.2 Å². The molecule has 13 heteroatoms. The van der Waals surface area contributed by atoms with E-state index < -0.39 is 40.2 Å². The van der Waals surface area contributed by atoms with Crippen LogP contribution in [0.5, 0.6) is 23.0 Å². The zero-order chi connectivity index (χ0) is 33.1. The van der Waals surface area contributed by atoms with E-state index in [0.29, 0.717) is 18.0 Å². The van der Waals surface area contributed by atoms with Gasteiger partial charge in [-0.05, 0) is 43.7 Å². The van der Waals surface area contributed by atoms with E-state index in [4.69, 9.17) is 18.9 Å². The maximum Gasteiger partial charge on any atom is 0.265 e. The molecule has 0 aliphatic rings. The van der Waals surface area contributed by atoms with Gasteiger partial charge in [-0.25, -0.2) is 12.8 Å². The summed E-state index contributed by atoms with van der Waals surface area (Å²) in [6.07, 6.45) is 1.57. The first-order chi connectivity index (χ1) is 21.5. The summed E-state index contributed by atoms with van der Waals surface area (Å²) in [5, 5.41) is 2.80. The number of hydrogen-bond donors (Lipinski definition) is 1. The average molecular weight is 646 g/mol. The number of ether oxygens (including phenoxy) is 4. The van der Waals surface area contributed by atoms with Crippen molar-refractivity contribution in [3.8, 4) is 23.0 Å². The largest absolute Gasteiger partial charge is 0.497 e. The van der Waals surface area contributed by atoms with E-state index in [1.54, 1.807) is 12.1 Å². The van der Waals surface area contributed by atoms with Crippen molar-refractivity contribution in [3.05, 3.63) is 72.0 Å². The zero-order valence-corrected chi connectivity index (χ0v) is 27.1. The fourth-order valence-corrected chi connectivity index (χ4v) is 5.97. The monoisotopic (exact) mass is 645 g/mol. The highest BCUT2D eigenvalue weighted by atomic mass is 32.2. The molecule has 0 saturated carbocycles. The number of amides is 2. The lowest BCUT2D eigenvalue weighted by atomic mass is 10.1. The number of halogens is 1. The number of nitrogens with one attached hydrogen (secondary N) is 1. The van der Waals surface area contributed by atoms with E-state index in [9.17, 15) is 22.4 Å². The summed E-state index contributed by atoms with van der Waals surface area (Å²) in [6, 6.07) is 13.4. The molecule has 3 aromatic rings. The fourth-order valence-electron chi connectivity index (χ4n) is 4.54. The van der Waals surface area contributed by atoms with Gasteiger partial charge in [0.15, 0.2) is 11.5 Å². The summed E-state index contributed by atoms with van der Waals surface area (Å²) < 4.78 is 65.8. The van der Waals surface area contributed by atoms with Crippen molar-refractivity contribution < 1.29 is 41.3 Å². The van der Waals surface area contributed by atoms with Gasteiger partial charge in [0.05, 0.1) is 39.0 Å². The second-order valence-corrected chi connectivity index (χ2v) is 11.9. The number of methoxy groups -OCH3 is 4. The maximum absolute atomic E-state index is 14.8. The Balaban J connectivity index is 2.15. The van der Waals surface area contributed by atoms with E-state index in [0.717, 1.165) is 22.0 Å². The highest BCUT2D eigenvalue weighted by molar-refractivity contribution is 7.92. The summed E-state index contributed by atoms with van der Waals surface area (Å²) in [6.45, 7) is 2.83. The van der Waals surface area contributed by atoms with Gasteiger partial charge in [0, 0.05) is 30.8 Å². The topological polar surface area (TPSA) is 124 Å². The van der Waals surface area contributed by atoms with Crippen molar-refractivity contribution in [2.75, 3.05) is 45.8 Å². The number of nitrogens with zero attached hydrogens (tertiary/aromatic N) is 2. The van der Waals surface area contributed by atoms with E-state index >= 15 is 0 Å². The minimum atomic E-state index is -4.50. The summed E-state index contributed by atoms with van der Waals surface area (Å²) >= 11 is 0. The minimum absolute atomic E-state index is 0.00544. The van der Waals surface area contributed by atoms with Crippen LogP contribution in [0.1, 0.15) is 32.3 Å². The third-order valence-electron chi connectivity index (χ3n) is 7.17. The van der Waals surface area contributed by atoms with Crippen molar-refractivity contribution in [2.45, 2.75) is 44.2 Å². The van der Waals surface area contributed by atoms with Gasteiger partial charge in [0.1, 0.15) is 29.9 Å². The van der Waals surface area contributed by atoms with Gasteiger partial charge >= 0.3 is 0 Å². The number of unbranched alkanes of at least 4 members (excludes halogenated alkanes) is 1. The number of hydrogen-bond acceptors (Lipinski definition) is 8. The van der Waals surface area contributed by atoms with Gasteiger partial charge in [-0.15, -0.1) is 0 Å². The van der Waals surface area contributed by atoms with Crippen molar-refractivity contribution in [1.82, 2.24) is 10.2 Å². The molecule has 2 amide bonds. The van der Waals surface area contributed by atoms with E-state index in [1.807, 2.05) is 6.92 Å². The summed E-state index contributed by atoms with van der Waals surface area (Å²) in [5.41, 5.74) is 0.165. The van der Waals surface area contributed by atoms with Crippen LogP contribution in [0.2, 0.25) is 0 Å². The quantitative estimate of drug-likeness (QED) is 0.228. The number of sulfonamides is 1. The van der Waals surface area contributed by atoms with Crippen LogP contribution in [-0.2, 0) is 26.2 Å². The fraction of sp³-hybridized carbons (Fsp3) is 0.375. The lowest BCUT2D eigenvalue weighted by Crippen LogP contribution is -2.51. The Morgan fingerprint density at radius 3 is 2.18 bits per heavy atom. The van der Waals surface area contributed by atoms with Crippen molar-refractivity contribution in [1.29, 1.82) is 0 Å². The molecule has 0 fully saturated rings. The van der Waals surface area contributed by atoms with Crippen molar-refractivity contribution in [2.24, 2.45) is 0 Å².